The highest BCUT2D eigenvalue weighted by molar-refractivity contribution is 5.95. The van der Waals surface area contributed by atoms with Gasteiger partial charge >= 0.3 is 0 Å². The Labute approximate surface area is 123 Å². The normalized spacial score (nSPS) is 17.1. The van der Waals surface area contributed by atoms with Gasteiger partial charge in [-0.3, -0.25) is 4.79 Å². The molecule has 0 radical (unpaired) electrons. The molecule has 1 atom stereocenters. The van der Waals surface area contributed by atoms with Crippen molar-refractivity contribution < 1.29 is 9.32 Å². The Morgan fingerprint density at radius 3 is 2.95 bits per heavy atom. The molecule has 0 fully saturated rings. The molecule has 0 saturated heterocycles. The summed E-state index contributed by atoms with van der Waals surface area (Å²) >= 11 is 0. The number of nitrogens with zero attached hydrogens (tertiary/aromatic N) is 2. The summed E-state index contributed by atoms with van der Waals surface area (Å²) in [5, 5.41) is 4.12. The van der Waals surface area contributed by atoms with Crippen LogP contribution in [0.2, 0.25) is 0 Å². The Morgan fingerprint density at radius 1 is 1.52 bits per heavy atom. The van der Waals surface area contributed by atoms with Crippen LogP contribution in [0.25, 0.3) is 11.3 Å². The van der Waals surface area contributed by atoms with Gasteiger partial charge in [0.1, 0.15) is 11.5 Å². The van der Waals surface area contributed by atoms with E-state index in [4.69, 9.17) is 10.3 Å². The van der Waals surface area contributed by atoms with Gasteiger partial charge in [-0.15, -0.1) is 0 Å². The van der Waals surface area contributed by atoms with Crippen LogP contribution >= 0.6 is 0 Å². The van der Waals surface area contributed by atoms with E-state index in [1.54, 1.807) is 6.92 Å². The van der Waals surface area contributed by atoms with Crippen molar-refractivity contribution in [2.45, 2.75) is 39.8 Å². The summed E-state index contributed by atoms with van der Waals surface area (Å²) in [5.41, 5.74) is 10.7. The topological polar surface area (TPSA) is 72.4 Å². The average molecular weight is 285 g/mol. The molecule has 0 bridgehead atoms. The van der Waals surface area contributed by atoms with Crippen LogP contribution in [0.3, 0.4) is 0 Å². The highest BCUT2D eigenvalue weighted by Crippen LogP contribution is 2.36. The van der Waals surface area contributed by atoms with E-state index in [-0.39, 0.29) is 11.9 Å². The SMILES string of the molecule is CC(=O)N1c2ccc(-c3noc(C)c3CN)cc2CC1C. The molecule has 0 aliphatic carbocycles. The van der Waals surface area contributed by atoms with Crippen molar-refractivity contribution in [3.63, 3.8) is 0 Å². The smallest absolute Gasteiger partial charge is 0.224 e. The van der Waals surface area contributed by atoms with Crippen LogP contribution in [0, 0.1) is 6.92 Å². The number of hydrogen-bond acceptors (Lipinski definition) is 4. The third-order valence-corrected chi connectivity index (χ3v) is 4.10. The molecule has 5 heteroatoms. The number of amides is 1. The van der Waals surface area contributed by atoms with Gasteiger partial charge in [0.15, 0.2) is 0 Å². The molecule has 21 heavy (non-hydrogen) atoms. The van der Waals surface area contributed by atoms with Gasteiger partial charge in [-0.2, -0.15) is 0 Å². The quantitative estimate of drug-likeness (QED) is 0.919. The Hall–Kier alpha value is -2.14. The molecule has 1 unspecified atom stereocenters. The van der Waals surface area contributed by atoms with E-state index in [9.17, 15) is 4.79 Å². The molecular formula is C16H19N3O2. The van der Waals surface area contributed by atoms with Gasteiger partial charge in [0.25, 0.3) is 0 Å². The minimum Gasteiger partial charge on any atom is -0.361 e. The van der Waals surface area contributed by atoms with E-state index >= 15 is 0 Å². The second kappa shape index (κ2) is 5.00. The van der Waals surface area contributed by atoms with Crippen LogP contribution in [-0.2, 0) is 17.8 Å². The molecule has 2 aromatic rings. The van der Waals surface area contributed by atoms with Crippen molar-refractivity contribution in [2.24, 2.45) is 5.73 Å². The Kier molecular flexibility index (Phi) is 3.29. The van der Waals surface area contributed by atoms with Crippen molar-refractivity contribution in [3.05, 3.63) is 35.1 Å². The molecule has 1 aromatic heterocycles. The number of carbonyl (C=O) groups excluding carboxylic acids is 1. The fraction of sp³-hybridized carbons (Fsp3) is 0.375. The third kappa shape index (κ3) is 2.14. The molecule has 2 heterocycles. The summed E-state index contributed by atoms with van der Waals surface area (Å²) in [7, 11) is 0. The molecule has 0 saturated carbocycles. The van der Waals surface area contributed by atoms with Crippen LogP contribution in [0.4, 0.5) is 5.69 Å². The van der Waals surface area contributed by atoms with Gasteiger partial charge in [0.2, 0.25) is 5.91 Å². The molecule has 1 aromatic carbocycles. The van der Waals surface area contributed by atoms with Crippen LogP contribution in [0.5, 0.6) is 0 Å². The second-order valence-corrected chi connectivity index (χ2v) is 5.56. The van der Waals surface area contributed by atoms with Crippen LogP contribution < -0.4 is 10.6 Å². The van der Waals surface area contributed by atoms with Crippen LogP contribution in [0.1, 0.15) is 30.7 Å². The number of benzene rings is 1. The van der Waals surface area contributed by atoms with Gasteiger partial charge in [-0.1, -0.05) is 11.2 Å². The molecule has 0 spiro atoms. The number of hydrogen-bond donors (Lipinski definition) is 1. The number of anilines is 1. The monoisotopic (exact) mass is 285 g/mol. The zero-order chi connectivity index (χ0) is 15.1. The number of aromatic nitrogens is 1. The molecule has 1 aliphatic heterocycles. The van der Waals surface area contributed by atoms with E-state index in [0.29, 0.717) is 6.54 Å². The minimum absolute atomic E-state index is 0.0777. The van der Waals surface area contributed by atoms with Crippen molar-refractivity contribution in [1.82, 2.24) is 5.16 Å². The standard InChI is InChI=1S/C16H19N3O2/c1-9-6-13-7-12(4-5-15(13)19(9)11(3)20)16-14(8-17)10(2)21-18-16/h4-5,7,9H,6,8,17H2,1-3H3. The summed E-state index contributed by atoms with van der Waals surface area (Å²) in [6.45, 7) is 5.93. The lowest BCUT2D eigenvalue weighted by Crippen LogP contribution is -2.33. The summed E-state index contributed by atoms with van der Waals surface area (Å²) < 4.78 is 5.25. The van der Waals surface area contributed by atoms with E-state index in [1.807, 2.05) is 24.0 Å². The third-order valence-electron chi connectivity index (χ3n) is 4.10. The van der Waals surface area contributed by atoms with E-state index in [1.165, 1.54) is 5.56 Å². The Morgan fingerprint density at radius 2 is 2.29 bits per heavy atom. The second-order valence-electron chi connectivity index (χ2n) is 5.56. The number of carbonyl (C=O) groups is 1. The van der Waals surface area contributed by atoms with Gasteiger partial charge in [0.05, 0.1) is 0 Å². The maximum Gasteiger partial charge on any atom is 0.224 e. The highest BCUT2D eigenvalue weighted by Gasteiger charge is 2.29. The highest BCUT2D eigenvalue weighted by atomic mass is 16.5. The number of fused-ring (bicyclic) bond motifs is 1. The first-order chi connectivity index (χ1) is 10.0. The average Bonchev–Trinajstić information content (AvgIpc) is 2.96. The molecule has 2 N–H and O–H groups in total. The van der Waals surface area contributed by atoms with Crippen molar-refractivity contribution >= 4 is 11.6 Å². The zero-order valence-corrected chi connectivity index (χ0v) is 12.5. The predicted molar refractivity (Wildman–Crippen MR) is 80.9 cm³/mol. The Balaban J connectivity index is 2.06. The van der Waals surface area contributed by atoms with Gasteiger partial charge in [0, 0.05) is 36.3 Å². The minimum atomic E-state index is 0.0777. The zero-order valence-electron chi connectivity index (χ0n) is 12.5. The molecule has 1 aliphatic rings. The van der Waals surface area contributed by atoms with E-state index < -0.39 is 0 Å². The largest absolute Gasteiger partial charge is 0.361 e. The first kappa shape index (κ1) is 13.8. The maximum absolute atomic E-state index is 11.8. The number of nitrogens with two attached hydrogens (primary N) is 1. The van der Waals surface area contributed by atoms with Gasteiger partial charge in [-0.25, -0.2) is 0 Å². The number of aryl methyl sites for hydroxylation is 1. The maximum atomic E-state index is 11.8. The van der Waals surface area contributed by atoms with Gasteiger partial charge in [-0.05, 0) is 38.0 Å². The van der Waals surface area contributed by atoms with E-state index in [2.05, 4.69) is 18.1 Å². The van der Waals surface area contributed by atoms with Crippen LogP contribution in [0.15, 0.2) is 22.7 Å². The Bertz CT molecular complexity index is 706. The van der Waals surface area contributed by atoms with Crippen molar-refractivity contribution in [2.75, 3.05) is 4.90 Å². The molecule has 1 amide bonds. The lowest BCUT2D eigenvalue weighted by Gasteiger charge is -2.20. The van der Waals surface area contributed by atoms with Gasteiger partial charge < -0.3 is 15.2 Å². The van der Waals surface area contributed by atoms with E-state index in [0.717, 1.165) is 34.7 Å². The van der Waals surface area contributed by atoms with Crippen molar-refractivity contribution in [1.29, 1.82) is 0 Å². The summed E-state index contributed by atoms with van der Waals surface area (Å²) in [4.78, 5) is 13.6. The number of rotatable bonds is 2. The molecule has 110 valence electrons. The first-order valence-electron chi connectivity index (χ1n) is 7.11. The first-order valence-corrected chi connectivity index (χ1v) is 7.11. The van der Waals surface area contributed by atoms with Crippen molar-refractivity contribution in [3.8, 4) is 11.3 Å². The molecular weight excluding hydrogens is 266 g/mol. The summed E-state index contributed by atoms with van der Waals surface area (Å²) in [5.74, 6) is 0.834. The molecule has 3 rings (SSSR count). The lowest BCUT2D eigenvalue weighted by molar-refractivity contribution is -0.116. The summed E-state index contributed by atoms with van der Waals surface area (Å²) in [6.07, 6.45) is 0.859. The lowest BCUT2D eigenvalue weighted by atomic mass is 10.0. The fourth-order valence-corrected chi connectivity index (χ4v) is 3.12. The predicted octanol–water partition coefficient (Wildman–Crippen LogP) is 2.41. The fourth-order valence-electron chi connectivity index (χ4n) is 3.12. The summed E-state index contributed by atoms with van der Waals surface area (Å²) in [6, 6.07) is 6.25. The van der Waals surface area contributed by atoms with Crippen LogP contribution in [-0.4, -0.2) is 17.1 Å². The molecule has 5 nitrogen and oxygen atoms in total.